The third kappa shape index (κ3) is 4.10. The van der Waals surface area contributed by atoms with E-state index in [0.717, 1.165) is 18.4 Å². The summed E-state index contributed by atoms with van der Waals surface area (Å²) >= 11 is 0. The maximum Gasteiger partial charge on any atom is 0.251 e. The Labute approximate surface area is 147 Å². The van der Waals surface area contributed by atoms with Crippen LogP contribution >= 0.6 is 0 Å². The van der Waals surface area contributed by atoms with Crippen LogP contribution in [-0.2, 0) is 0 Å². The van der Waals surface area contributed by atoms with Crippen LogP contribution in [0.4, 0.5) is 10.1 Å². The zero-order valence-electron chi connectivity index (χ0n) is 14.6. The first-order valence-corrected chi connectivity index (χ1v) is 8.63. The average Bonchev–Trinajstić information content (AvgIpc) is 3.10. The van der Waals surface area contributed by atoms with E-state index in [9.17, 15) is 9.18 Å². The summed E-state index contributed by atoms with van der Waals surface area (Å²) < 4.78 is 20.0. The highest BCUT2D eigenvalue weighted by molar-refractivity contribution is 5.95. The second-order valence-corrected chi connectivity index (χ2v) is 6.43. The molecule has 3 rings (SSSR count). The number of hydrogen-bond acceptors (Lipinski definition) is 3. The Kier molecular flexibility index (Phi) is 5.22. The molecule has 0 aromatic heterocycles. The molecule has 1 fully saturated rings. The van der Waals surface area contributed by atoms with Gasteiger partial charge in [-0.15, -0.1) is 0 Å². The molecule has 2 aromatic carbocycles. The molecule has 0 heterocycles. The Bertz CT molecular complexity index is 770. The minimum atomic E-state index is -0.317. The van der Waals surface area contributed by atoms with Gasteiger partial charge < -0.3 is 15.4 Å². The van der Waals surface area contributed by atoms with Crippen LogP contribution in [0.3, 0.4) is 0 Å². The number of aryl methyl sites for hydroxylation is 1. The van der Waals surface area contributed by atoms with Crippen molar-refractivity contribution in [1.82, 2.24) is 5.32 Å². The SMILES string of the molecule is CNC(=O)c1ccc(Oc2ccc(NC3CCCC3)c(F)c2)cc1C. The molecule has 132 valence electrons. The number of hydrogen-bond donors (Lipinski definition) is 2. The number of anilines is 1. The molecule has 0 bridgehead atoms. The first-order chi connectivity index (χ1) is 12.1. The predicted octanol–water partition coefficient (Wildman–Crippen LogP) is 4.64. The van der Waals surface area contributed by atoms with Crippen molar-refractivity contribution in [3.63, 3.8) is 0 Å². The molecule has 4 nitrogen and oxygen atoms in total. The molecule has 1 aliphatic rings. The maximum absolute atomic E-state index is 14.3. The van der Waals surface area contributed by atoms with Gasteiger partial charge in [-0.3, -0.25) is 4.79 Å². The van der Waals surface area contributed by atoms with Gasteiger partial charge in [0.2, 0.25) is 0 Å². The average molecular weight is 342 g/mol. The molecular formula is C20H23FN2O2. The van der Waals surface area contributed by atoms with Crippen LogP contribution in [0.25, 0.3) is 0 Å². The number of ether oxygens (including phenoxy) is 1. The van der Waals surface area contributed by atoms with Crippen molar-refractivity contribution in [2.24, 2.45) is 0 Å². The van der Waals surface area contributed by atoms with Crippen LogP contribution in [-0.4, -0.2) is 19.0 Å². The van der Waals surface area contributed by atoms with Crippen molar-refractivity contribution in [2.75, 3.05) is 12.4 Å². The molecule has 5 heteroatoms. The lowest BCUT2D eigenvalue weighted by molar-refractivity contribution is 0.0962. The molecule has 1 amide bonds. The topological polar surface area (TPSA) is 50.4 Å². The van der Waals surface area contributed by atoms with Crippen molar-refractivity contribution in [2.45, 2.75) is 38.6 Å². The first-order valence-electron chi connectivity index (χ1n) is 8.63. The third-order valence-electron chi connectivity index (χ3n) is 4.56. The first kappa shape index (κ1) is 17.3. The molecule has 0 saturated heterocycles. The Morgan fingerprint density at radius 2 is 1.80 bits per heavy atom. The van der Waals surface area contributed by atoms with Crippen molar-refractivity contribution < 1.29 is 13.9 Å². The van der Waals surface area contributed by atoms with Crippen LogP contribution in [0.15, 0.2) is 36.4 Å². The van der Waals surface area contributed by atoms with E-state index in [0.29, 0.717) is 28.8 Å². The Morgan fingerprint density at radius 3 is 2.44 bits per heavy atom. The standard InChI is InChI=1S/C20H23FN2O2/c1-13-11-15(7-9-17(13)20(24)22-2)25-16-8-10-19(18(21)12-16)23-14-5-3-4-6-14/h7-12,14,23H,3-6H2,1-2H3,(H,22,24). The van der Waals surface area contributed by atoms with Gasteiger partial charge in [-0.25, -0.2) is 4.39 Å². The molecule has 0 radical (unpaired) electrons. The molecule has 2 N–H and O–H groups in total. The fourth-order valence-corrected chi connectivity index (χ4v) is 3.19. The number of carbonyl (C=O) groups is 1. The molecule has 0 unspecified atom stereocenters. The number of benzene rings is 2. The lowest BCUT2D eigenvalue weighted by Crippen LogP contribution is -2.18. The highest BCUT2D eigenvalue weighted by atomic mass is 19.1. The van der Waals surface area contributed by atoms with E-state index in [1.54, 1.807) is 37.4 Å². The van der Waals surface area contributed by atoms with Gasteiger partial charge in [0.15, 0.2) is 0 Å². The minimum Gasteiger partial charge on any atom is -0.457 e. The summed E-state index contributed by atoms with van der Waals surface area (Å²) in [6.45, 7) is 1.84. The van der Waals surface area contributed by atoms with E-state index in [2.05, 4.69) is 10.6 Å². The Morgan fingerprint density at radius 1 is 1.12 bits per heavy atom. The second kappa shape index (κ2) is 7.55. The van der Waals surface area contributed by atoms with E-state index in [1.165, 1.54) is 18.9 Å². The van der Waals surface area contributed by atoms with Gasteiger partial charge in [-0.2, -0.15) is 0 Å². The quantitative estimate of drug-likeness (QED) is 0.832. The molecule has 25 heavy (non-hydrogen) atoms. The zero-order chi connectivity index (χ0) is 17.8. The summed E-state index contributed by atoms with van der Waals surface area (Å²) in [5.41, 5.74) is 1.92. The minimum absolute atomic E-state index is 0.141. The van der Waals surface area contributed by atoms with Crippen molar-refractivity contribution >= 4 is 11.6 Å². The van der Waals surface area contributed by atoms with E-state index >= 15 is 0 Å². The van der Waals surface area contributed by atoms with Gasteiger partial charge in [-0.05, 0) is 55.7 Å². The molecule has 0 aliphatic heterocycles. The van der Waals surface area contributed by atoms with Gasteiger partial charge in [0.05, 0.1) is 5.69 Å². The van der Waals surface area contributed by atoms with Crippen LogP contribution in [0.5, 0.6) is 11.5 Å². The summed E-state index contributed by atoms with van der Waals surface area (Å²) in [6, 6.07) is 10.4. The molecule has 0 spiro atoms. The fourth-order valence-electron chi connectivity index (χ4n) is 3.19. The molecule has 1 aliphatic carbocycles. The monoisotopic (exact) mass is 342 g/mol. The summed E-state index contributed by atoms with van der Waals surface area (Å²) in [5, 5.41) is 5.86. The summed E-state index contributed by atoms with van der Waals surface area (Å²) in [7, 11) is 1.59. The van der Waals surface area contributed by atoms with Crippen molar-refractivity contribution in [3.05, 3.63) is 53.3 Å². The summed E-state index contributed by atoms with van der Waals surface area (Å²) in [6.07, 6.45) is 4.58. The Balaban J connectivity index is 1.71. The molecule has 1 saturated carbocycles. The van der Waals surface area contributed by atoms with Crippen LogP contribution in [0.1, 0.15) is 41.6 Å². The van der Waals surface area contributed by atoms with Gasteiger partial charge in [0, 0.05) is 24.7 Å². The predicted molar refractivity (Wildman–Crippen MR) is 96.9 cm³/mol. The number of rotatable bonds is 5. The fraction of sp³-hybridized carbons (Fsp3) is 0.350. The number of amides is 1. The molecule has 0 atom stereocenters. The van der Waals surface area contributed by atoms with Crippen LogP contribution in [0.2, 0.25) is 0 Å². The second-order valence-electron chi connectivity index (χ2n) is 6.43. The van der Waals surface area contributed by atoms with E-state index in [4.69, 9.17) is 4.74 Å². The van der Waals surface area contributed by atoms with Crippen molar-refractivity contribution in [3.8, 4) is 11.5 Å². The van der Waals surface area contributed by atoms with Crippen LogP contribution in [0, 0.1) is 12.7 Å². The zero-order valence-corrected chi connectivity index (χ0v) is 14.6. The number of nitrogens with one attached hydrogen (secondary N) is 2. The normalized spacial score (nSPS) is 14.4. The van der Waals surface area contributed by atoms with Gasteiger partial charge in [-0.1, -0.05) is 12.8 Å². The third-order valence-corrected chi connectivity index (χ3v) is 4.56. The smallest absolute Gasteiger partial charge is 0.251 e. The maximum atomic E-state index is 14.3. The molecule has 2 aromatic rings. The number of halogens is 1. The molecular weight excluding hydrogens is 319 g/mol. The van der Waals surface area contributed by atoms with Gasteiger partial charge in [0.1, 0.15) is 17.3 Å². The summed E-state index contributed by atoms with van der Waals surface area (Å²) in [5.74, 6) is 0.545. The highest BCUT2D eigenvalue weighted by Gasteiger charge is 2.16. The summed E-state index contributed by atoms with van der Waals surface area (Å²) in [4.78, 5) is 11.7. The Hall–Kier alpha value is -2.56. The van der Waals surface area contributed by atoms with E-state index < -0.39 is 0 Å². The van der Waals surface area contributed by atoms with Gasteiger partial charge in [0.25, 0.3) is 5.91 Å². The van der Waals surface area contributed by atoms with Crippen molar-refractivity contribution in [1.29, 1.82) is 0 Å². The highest BCUT2D eigenvalue weighted by Crippen LogP contribution is 2.29. The van der Waals surface area contributed by atoms with E-state index in [1.807, 2.05) is 6.92 Å². The lowest BCUT2D eigenvalue weighted by Gasteiger charge is -2.15. The van der Waals surface area contributed by atoms with Crippen LogP contribution < -0.4 is 15.4 Å². The lowest BCUT2D eigenvalue weighted by atomic mass is 10.1. The number of carbonyl (C=O) groups excluding carboxylic acids is 1. The van der Waals surface area contributed by atoms with E-state index in [-0.39, 0.29) is 11.7 Å². The largest absolute Gasteiger partial charge is 0.457 e. The van der Waals surface area contributed by atoms with Gasteiger partial charge >= 0.3 is 0 Å².